The van der Waals surface area contributed by atoms with Crippen LogP contribution < -0.4 is 4.72 Å². The number of fused-ring (bicyclic) bond motifs is 4. The van der Waals surface area contributed by atoms with Crippen molar-refractivity contribution in [1.29, 1.82) is 0 Å². The fraction of sp³-hybridized carbons (Fsp3) is 0.415. The molecule has 0 saturated heterocycles. The zero-order chi connectivity index (χ0) is 52.2. The van der Waals surface area contributed by atoms with Crippen LogP contribution in [0.1, 0.15) is 73.1 Å². The van der Waals surface area contributed by atoms with Gasteiger partial charge >= 0.3 is 12.4 Å². The molecule has 1 fully saturated rings. The number of halogens is 11. The third kappa shape index (κ3) is 10.3. The van der Waals surface area contributed by atoms with Crippen LogP contribution in [0.3, 0.4) is 0 Å². The summed E-state index contributed by atoms with van der Waals surface area (Å²) in [6, 6.07) is 3.77. The number of pyridine rings is 1. The first-order chi connectivity index (χ1) is 31.9. The van der Waals surface area contributed by atoms with Crippen molar-refractivity contribution in [3.05, 3.63) is 93.0 Å². The summed E-state index contributed by atoms with van der Waals surface area (Å²) in [7, 11) is -13.9. The average Bonchev–Trinajstić information content (AvgIpc) is 3.71. The van der Waals surface area contributed by atoms with Gasteiger partial charge in [-0.25, -0.2) is 30.6 Å². The molecule has 0 spiro atoms. The van der Waals surface area contributed by atoms with Crippen molar-refractivity contribution >= 4 is 64.2 Å². The Balaban J connectivity index is 1.57. The molecule has 3 aromatic heterocycles. The van der Waals surface area contributed by atoms with Crippen LogP contribution in [0.15, 0.2) is 42.5 Å². The number of carbonyl (C=O) groups is 1. The van der Waals surface area contributed by atoms with Crippen molar-refractivity contribution in [3.8, 4) is 23.0 Å². The molecule has 4 atom stereocenters. The molecule has 29 heteroatoms. The van der Waals surface area contributed by atoms with Gasteiger partial charge in [-0.15, -0.1) is 0 Å². The molecule has 1 unspecified atom stereocenters. The van der Waals surface area contributed by atoms with E-state index >= 15 is 8.78 Å². The molecule has 0 bridgehead atoms. The maximum atomic E-state index is 15.8. The second kappa shape index (κ2) is 17.4. The predicted molar refractivity (Wildman–Crippen MR) is 231 cm³/mol. The zero-order valence-corrected chi connectivity index (χ0v) is 39.8. The summed E-state index contributed by atoms with van der Waals surface area (Å²) in [5.41, 5.74) is -7.05. The number of hydrogen-bond donors (Lipinski definition) is 2. The molecule has 378 valence electrons. The molecular weight excluding hydrogens is 1040 g/mol. The summed E-state index contributed by atoms with van der Waals surface area (Å²) in [4.78, 5) is 19.6. The number of nitrogens with zero attached hydrogens (tertiary/aromatic N) is 6. The molecule has 2 aliphatic rings. The van der Waals surface area contributed by atoms with Crippen LogP contribution in [0.5, 0.6) is 0 Å². The van der Waals surface area contributed by atoms with E-state index in [2.05, 4.69) is 27.0 Å². The lowest BCUT2D eigenvalue weighted by atomic mass is 9.92. The van der Waals surface area contributed by atoms with Gasteiger partial charge < -0.3 is 4.90 Å². The fourth-order valence-electron chi connectivity index (χ4n) is 8.22. The Morgan fingerprint density at radius 3 is 2.13 bits per heavy atom. The van der Waals surface area contributed by atoms with Crippen LogP contribution in [0.2, 0.25) is 5.02 Å². The second-order valence-electron chi connectivity index (χ2n) is 17.2. The number of amides is 1. The molecule has 3 heterocycles. The maximum absolute atomic E-state index is 15.8. The van der Waals surface area contributed by atoms with E-state index in [-0.39, 0.29) is 20.7 Å². The number of rotatable bonds is 13. The standard InChI is InChI=1S/C41H36ClF10N7O8S3/c1-19(70(65,66)67)59(30(60)17-57-36-31(35(54-57)41(50,51)52)26-16-27(26)40(36,48)49)29(14-20-12-21(43)15-22(44)13-20)33-24(7-6-23(53-33)10-11-38(2,3)68(4,61)62)25-8-9-28(42)32-34(25)58(18-39(45,46)47)55-37(32)56-69(5,63)64/h6-9,12-13,15,19,26-27,29H,14,16-18H2,1-5H3,(H,55,56)(H,65,66,67)/t19?,26-,27+,29-/m0/s1. The van der Waals surface area contributed by atoms with E-state index in [1.165, 1.54) is 13.8 Å². The minimum absolute atomic E-state index is 0.0213. The highest BCUT2D eigenvalue weighted by atomic mass is 35.5. The largest absolute Gasteiger partial charge is 0.435 e. The van der Waals surface area contributed by atoms with Gasteiger partial charge in [0.25, 0.3) is 16.0 Å². The average molecular weight is 1080 g/mol. The molecule has 2 N–H and O–H groups in total. The highest BCUT2D eigenvalue weighted by molar-refractivity contribution is 7.92. The summed E-state index contributed by atoms with van der Waals surface area (Å²) in [6.45, 7) is -0.519. The Kier molecular flexibility index (Phi) is 13.0. The number of sulfonamides is 1. The minimum atomic E-state index is -5.62. The van der Waals surface area contributed by atoms with Gasteiger partial charge in [0, 0.05) is 34.9 Å². The minimum Gasteiger partial charge on any atom is -0.313 e. The van der Waals surface area contributed by atoms with Crippen LogP contribution in [0.4, 0.5) is 49.7 Å². The topological polar surface area (TPSA) is 204 Å². The third-order valence-electron chi connectivity index (χ3n) is 11.7. The molecule has 1 saturated carbocycles. The smallest absolute Gasteiger partial charge is 0.313 e. The molecule has 2 aromatic carbocycles. The van der Waals surface area contributed by atoms with Gasteiger partial charge in [-0.1, -0.05) is 23.6 Å². The summed E-state index contributed by atoms with van der Waals surface area (Å²) in [5, 5.41) is 3.68. The van der Waals surface area contributed by atoms with Crippen LogP contribution in [-0.2, 0) is 66.4 Å². The summed E-state index contributed by atoms with van der Waals surface area (Å²) < 4.78 is 235. The predicted octanol–water partition coefficient (Wildman–Crippen LogP) is 7.61. The number of hydrogen-bond acceptors (Lipinski definition) is 10. The first-order valence-corrected chi connectivity index (χ1v) is 25.8. The van der Waals surface area contributed by atoms with Crippen molar-refractivity contribution in [2.45, 2.75) is 87.1 Å². The third-order valence-corrected chi connectivity index (χ3v) is 15.6. The van der Waals surface area contributed by atoms with E-state index in [1.807, 2.05) is 4.72 Å². The van der Waals surface area contributed by atoms with Gasteiger partial charge in [0.1, 0.15) is 40.9 Å². The summed E-state index contributed by atoms with van der Waals surface area (Å²) in [5.74, 6) is -6.92. The number of sulfone groups is 1. The van der Waals surface area contributed by atoms with E-state index < -0.39 is 180 Å². The molecule has 2 aliphatic carbocycles. The quantitative estimate of drug-likeness (QED) is 0.0668. The molecule has 1 amide bonds. The summed E-state index contributed by atoms with van der Waals surface area (Å²) in [6.07, 6.45) is -10.3. The van der Waals surface area contributed by atoms with E-state index in [4.69, 9.17) is 11.6 Å². The molecule has 0 radical (unpaired) electrons. The van der Waals surface area contributed by atoms with Crippen LogP contribution >= 0.6 is 11.6 Å². The first-order valence-electron chi connectivity index (χ1n) is 20.2. The summed E-state index contributed by atoms with van der Waals surface area (Å²) >= 11 is 6.48. The SMILES string of the molecule is CC(N(C(=O)Cn1nc(C(F)(F)F)c2c1C(F)(F)[C@@H]1C[C@H]21)[C@@H](Cc1cc(F)cc(F)c1)c1nc(C#CC(C)(C)S(C)(=O)=O)ccc1-c1ccc(Cl)c2c(NS(C)(=O)=O)nn(CC(F)(F)F)c12)S(=O)(=O)O. The molecule has 7 rings (SSSR count). The number of anilines is 1. The number of carbonyl (C=O) groups excluding carboxylic acids is 1. The molecular formula is C41H36ClF10N7O8S3. The van der Waals surface area contributed by atoms with Gasteiger partial charge in [0.15, 0.2) is 26.7 Å². The van der Waals surface area contributed by atoms with Gasteiger partial charge in [-0.3, -0.25) is 23.4 Å². The van der Waals surface area contributed by atoms with Gasteiger partial charge in [0.2, 0.25) is 15.9 Å². The molecule has 70 heavy (non-hydrogen) atoms. The fourth-order valence-corrected chi connectivity index (χ4v) is 9.74. The molecule has 0 aliphatic heterocycles. The highest BCUT2D eigenvalue weighted by Crippen LogP contribution is 2.68. The second-order valence-corrected chi connectivity index (χ2v) is 23.7. The van der Waals surface area contributed by atoms with Crippen molar-refractivity contribution in [3.63, 3.8) is 0 Å². The molecule has 15 nitrogen and oxygen atoms in total. The Morgan fingerprint density at radius 1 is 0.957 bits per heavy atom. The lowest BCUT2D eigenvalue weighted by Gasteiger charge is -2.36. The van der Waals surface area contributed by atoms with Crippen molar-refractivity contribution in [1.82, 2.24) is 29.4 Å². The Hall–Kier alpha value is -5.50. The van der Waals surface area contributed by atoms with Crippen LogP contribution in [0.25, 0.3) is 22.0 Å². The molecule has 5 aromatic rings. The van der Waals surface area contributed by atoms with E-state index in [0.717, 1.165) is 30.5 Å². The lowest BCUT2D eigenvalue weighted by Crippen LogP contribution is -2.48. The normalized spacial score (nSPS) is 17.9. The Bertz CT molecular complexity index is 3390. The van der Waals surface area contributed by atoms with Gasteiger partial charge in [-0.05, 0) is 81.3 Å². The van der Waals surface area contributed by atoms with E-state index in [9.17, 15) is 69.7 Å². The maximum Gasteiger partial charge on any atom is 0.435 e. The van der Waals surface area contributed by atoms with Crippen LogP contribution in [0, 0.1) is 29.4 Å². The van der Waals surface area contributed by atoms with Crippen molar-refractivity contribution in [2.24, 2.45) is 5.92 Å². The van der Waals surface area contributed by atoms with Crippen LogP contribution in [-0.4, -0.2) is 94.0 Å². The number of alkyl halides is 8. The lowest BCUT2D eigenvalue weighted by molar-refractivity contribution is -0.143. The van der Waals surface area contributed by atoms with Crippen molar-refractivity contribution < 1.29 is 78.5 Å². The van der Waals surface area contributed by atoms with Gasteiger partial charge in [-0.2, -0.15) is 53.7 Å². The Labute approximate surface area is 396 Å². The zero-order valence-electron chi connectivity index (χ0n) is 36.5. The monoisotopic (exact) mass is 1080 g/mol. The van der Waals surface area contributed by atoms with E-state index in [0.29, 0.717) is 31.4 Å². The van der Waals surface area contributed by atoms with Crippen molar-refractivity contribution in [2.75, 3.05) is 17.2 Å². The number of aromatic nitrogens is 5. The first kappa shape index (κ1) is 52.3. The number of nitrogens with one attached hydrogen (secondary N) is 1. The number of benzene rings is 2. The Morgan fingerprint density at radius 2 is 1.57 bits per heavy atom. The highest BCUT2D eigenvalue weighted by Gasteiger charge is 2.68. The van der Waals surface area contributed by atoms with Gasteiger partial charge in [0.05, 0.1) is 33.9 Å². The van der Waals surface area contributed by atoms with E-state index in [1.54, 1.807) is 0 Å².